The van der Waals surface area contributed by atoms with E-state index in [0.717, 1.165) is 53.1 Å². The maximum absolute atomic E-state index is 7.87. The maximum atomic E-state index is 7.87. The van der Waals surface area contributed by atoms with Gasteiger partial charge in [-0.2, -0.15) is 0 Å². The van der Waals surface area contributed by atoms with Gasteiger partial charge in [-0.15, -0.1) is 5.11 Å². The molecule has 5 rings (SSSR count). The molecule has 174 valence electrons. The lowest BCUT2D eigenvalue weighted by Gasteiger charge is -2.26. The van der Waals surface area contributed by atoms with Crippen LogP contribution in [0.3, 0.4) is 0 Å². The highest BCUT2D eigenvalue weighted by atomic mass is 15.1. The molecule has 4 aromatic rings. The Labute approximate surface area is 198 Å². The van der Waals surface area contributed by atoms with Gasteiger partial charge in [0.15, 0.2) is 5.84 Å². The van der Waals surface area contributed by atoms with Gasteiger partial charge >= 0.3 is 0 Å². The summed E-state index contributed by atoms with van der Waals surface area (Å²) in [5, 5.41) is 16.7. The molecule has 8 nitrogen and oxygen atoms in total. The van der Waals surface area contributed by atoms with Gasteiger partial charge in [0.05, 0.1) is 5.39 Å². The number of aromatic nitrogens is 3. The van der Waals surface area contributed by atoms with E-state index >= 15 is 0 Å². The Balaban J connectivity index is 1.45. The number of likely N-dealkylation sites (tertiary alicyclic amines) is 1. The lowest BCUT2D eigenvalue weighted by molar-refractivity contribution is 0.228. The van der Waals surface area contributed by atoms with Crippen molar-refractivity contribution in [3.63, 3.8) is 0 Å². The Kier molecular flexibility index (Phi) is 6.58. The van der Waals surface area contributed by atoms with E-state index in [-0.39, 0.29) is 5.84 Å². The number of nitrogens with one attached hydrogen (secondary N) is 4. The zero-order chi connectivity index (χ0) is 23.3. The summed E-state index contributed by atoms with van der Waals surface area (Å²) < 4.78 is 0. The molecule has 0 atom stereocenters. The zero-order valence-corrected chi connectivity index (χ0v) is 19.3. The molecule has 1 aliphatic rings. The van der Waals surface area contributed by atoms with Gasteiger partial charge in [0.2, 0.25) is 0 Å². The van der Waals surface area contributed by atoms with Crippen LogP contribution in [-0.2, 0) is 6.42 Å². The molecule has 3 heterocycles. The number of nitrogens with zero attached hydrogens (tertiary/aromatic N) is 4. The molecule has 0 aliphatic carbocycles. The van der Waals surface area contributed by atoms with E-state index in [0.29, 0.717) is 12.0 Å². The number of rotatable bonds is 8. The number of benzene rings is 2. The first kappa shape index (κ1) is 22.2. The van der Waals surface area contributed by atoms with Crippen LogP contribution in [0.25, 0.3) is 21.9 Å². The van der Waals surface area contributed by atoms with Crippen LogP contribution in [0.15, 0.2) is 53.6 Å². The predicted molar refractivity (Wildman–Crippen MR) is 136 cm³/mol. The second kappa shape index (κ2) is 10.1. The van der Waals surface area contributed by atoms with Crippen molar-refractivity contribution in [2.45, 2.75) is 32.1 Å². The summed E-state index contributed by atoms with van der Waals surface area (Å²) in [7, 11) is 0. The Morgan fingerprint density at radius 2 is 1.88 bits per heavy atom. The molecular formula is C26H30N8. The van der Waals surface area contributed by atoms with E-state index in [1.165, 1.54) is 37.9 Å². The Morgan fingerprint density at radius 3 is 2.68 bits per heavy atom. The van der Waals surface area contributed by atoms with Gasteiger partial charge in [0.25, 0.3) is 0 Å². The second-order valence-corrected chi connectivity index (χ2v) is 8.90. The molecule has 4 N–H and O–H groups in total. The monoisotopic (exact) mass is 454 g/mol. The third kappa shape index (κ3) is 4.82. The molecule has 1 fully saturated rings. The number of anilines is 1. The normalized spacial score (nSPS) is 14.5. The molecule has 0 bridgehead atoms. The van der Waals surface area contributed by atoms with Crippen molar-refractivity contribution in [1.29, 1.82) is 10.9 Å². The average molecular weight is 455 g/mol. The maximum Gasteiger partial charge on any atom is 0.173 e. The minimum atomic E-state index is -0.0625. The summed E-state index contributed by atoms with van der Waals surface area (Å²) in [6.45, 7) is 4.38. The summed E-state index contributed by atoms with van der Waals surface area (Å²) in [4.78, 5) is 15.7. The fourth-order valence-corrected chi connectivity index (χ4v) is 4.74. The Morgan fingerprint density at radius 1 is 1.06 bits per heavy atom. The minimum absolute atomic E-state index is 0.0625. The van der Waals surface area contributed by atoms with Crippen LogP contribution < -0.4 is 5.32 Å². The van der Waals surface area contributed by atoms with Crippen molar-refractivity contribution in [2.75, 3.05) is 31.5 Å². The van der Waals surface area contributed by atoms with E-state index in [1.54, 1.807) is 0 Å². The Hall–Kier alpha value is -3.65. The van der Waals surface area contributed by atoms with Gasteiger partial charge in [-0.25, -0.2) is 15.5 Å². The van der Waals surface area contributed by atoms with Crippen molar-refractivity contribution in [2.24, 2.45) is 5.11 Å². The highest BCUT2D eigenvalue weighted by Gasteiger charge is 2.16. The lowest BCUT2D eigenvalue weighted by atomic mass is 10.1. The van der Waals surface area contributed by atoms with Crippen LogP contribution in [0.1, 0.15) is 42.6 Å². The number of aromatic amines is 1. The quantitative estimate of drug-likeness (QED) is 0.124. The van der Waals surface area contributed by atoms with Crippen LogP contribution in [-0.4, -0.2) is 51.9 Å². The van der Waals surface area contributed by atoms with Crippen LogP contribution in [0.4, 0.5) is 5.82 Å². The third-order valence-electron chi connectivity index (χ3n) is 6.48. The molecule has 34 heavy (non-hydrogen) atoms. The van der Waals surface area contributed by atoms with E-state index < -0.39 is 0 Å². The van der Waals surface area contributed by atoms with Crippen molar-refractivity contribution in [3.05, 3.63) is 65.5 Å². The van der Waals surface area contributed by atoms with E-state index in [4.69, 9.17) is 20.9 Å². The largest absolute Gasteiger partial charge is 0.369 e. The molecular weight excluding hydrogens is 424 g/mol. The molecule has 1 saturated heterocycles. The molecule has 2 aromatic heterocycles. The van der Waals surface area contributed by atoms with Crippen molar-refractivity contribution in [1.82, 2.24) is 19.9 Å². The fraction of sp³-hybridized carbons (Fsp3) is 0.346. The van der Waals surface area contributed by atoms with Crippen LogP contribution >= 0.6 is 0 Å². The number of piperidine rings is 1. The number of H-pyrrole nitrogens is 1. The first-order chi connectivity index (χ1) is 16.7. The topological polar surface area (TPSA) is 117 Å². The lowest BCUT2D eigenvalue weighted by Crippen LogP contribution is -2.31. The highest BCUT2D eigenvalue weighted by molar-refractivity contribution is 6.12. The number of amidine groups is 1. The first-order valence-electron chi connectivity index (χ1n) is 12.0. The summed E-state index contributed by atoms with van der Waals surface area (Å²) in [5.74, 6) is 1.54. The molecule has 2 aromatic carbocycles. The SMILES string of the molecule is N=NC(=N)c1ccc2c(c1)[nH]c1nc(Cc3ccccc3)nc(NCCCN3CCCCC3)c12. The number of hydrogen-bond acceptors (Lipinski definition) is 6. The zero-order valence-electron chi connectivity index (χ0n) is 19.3. The van der Waals surface area contributed by atoms with Crippen molar-refractivity contribution >= 4 is 33.6 Å². The molecule has 0 radical (unpaired) electrons. The molecule has 0 spiro atoms. The first-order valence-corrected chi connectivity index (χ1v) is 12.0. The summed E-state index contributed by atoms with van der Waals surface area (Å²) in [5.41, 5.74) is 10.6. The van der Waals surface area contributed by atoms with E-state index in [2.05, 4.69) is 32.4 Å². The average Bonchev–Trinajstić information content (AvgIpc) is 3.25. The van der Waals surface area contributed by atoms with Crippen molar-refractivity contribution < 1.29 is 0 Å². The predicted octanol–water partition coefficient (Wildman–Crippen LogP) is 5.35. The fourth-order valence-electron chi connectivity index (χ4n) is 4.74. The van der Waals surface area contributed by atoms with Gasteiger partial charge in [-0.1, -0.05) is 48.9 Å². The van der Waals surface area contributed by atoms with Crippen LogP contribution in [0.2, 0.25) is 0 Å². The van der Waals surface area contributed by atoms with Crippen molar-refractivity contribution in [3.8, 4) is 0 Å². The molecule has 0 amide bonds. The number of fused-ring (bicyclic) bond motifs is 3. The van der Waals surface area contributed by atoms with Crippen LogP contribution in [0.5, 0.6) is 0 Å². The van der Waals surface area contributed by atoms with Gasteiger partial charge in [0.1, 0.15) is 17.3 Å². The van der Waals surface area contributed by atoms with E-state index in [9.17, 15) is 0 Å². The van der Waals surface area contributed by atoms with Gasteiger partial charge in [-0.05, 0) is 50.5 Å². The van der Waals surface area contributed by atoms with Gasteiger partial charge < -0.3 is 15.2 Å². The third-order valence-corrected chi connectivity index (χ3v) is 6.48. The van der Waals surface area contributed by atoms with Crippen LogP contribution in [0, 0.1) is 10.9 Å². The molecule has 0 saturated carbocycles. The summed E-state index contributed by atoms with van der Waals surface area (Å²) in [6, 6.07) is 15.9. The van der Waals surface area contributed by atoms with Gasteiger partial charge in [-0.3, -0.25) is 5.41 Å². The molecule has 0 unspecified atom stereocenters. The van der Waals surface area contributed by atoms with Gasteiger partial charge in [0, 0.05) is 29.4 Å². The smallest absolute Gasteiger partial charge is 0.173 e. The second-order valence-electron chi connectivity index (χ2n) is 8.90. The highest BCUT2D eigenvalue weighted by Crippen LogP contribution is 2.31. The minimum Gasteiger partial charge on any atom is -0.369 e. The van der Waals surface area contributed by atoms with E-state index in [1.807, 2.05) is 36.4 Å². The summed E-state index contributed by atoms with van der Waals surface area (Å²) >= 11 is 0. The molecule has 8 heteroatoms. The standard InChI is InChI=1S/C26H30N8/c27-24(33-28)19-10-11-20-21(17-19)30-26-23(20)25(29-12-7-15-34-13-5-2-6-14-34)31-22(32-26)16-18-8-3-1-4-9-18/h1,3-4,8-11,17,27-28H,2,5-7,12-16H2,(H2,29,30,31,32). The Bertz CT molecular complexity index is 1300. The number of hydrogen-bond donors (Lipinski definition) is 4. The summed E-state index contributed by atoms with van der Waals surface area (Å²) in [6.07, 6.45) is 5.70. The molecule has 1 aliphatic heterocycles.